The molecule has 2 rings (SSSR count). The van der Waals surface area contributed by atoms with E-state index in [4.69, 9.17) is 4.74 Å². The highest BCUT2D eigenvalue weighted by Gasteiger charge is 2.36. The first-order valence-electron chi connectivity index (χ1n) is 5.97. The van der Waals surface area contributed by atoms with Gasteiger partial charge in [0, 0.05) is 26.7 Å². The van der Waals surface area contributed by atoms with Gasteiger partial charge in [0.25, 0.3) is 0 Å². The number of nitrogens with one attached hydrogen (secondary N) is 1. The summed E-state index contributed by atoms with van der Waals surface area (Å²) in [5.74, 6) is 0.0206. The molecular weight excluding hydrogens is 244 g/mol. The molecule has 17 heavy (non-hydrogen) atoms. The number of nitrogens with zero attached hydrogens (tertiary/aromatic N) is 1. The molecule has 0 bridgehead atoms. The predicted octanol–water partition coefficient (Wildman–Crippen LogP) is -1.24. The van der Waals surface area contributed by atoms with Crippen LogP contribution in [0.4, 0.5) is 0 Å². The summed E-state index contributed by atoms with van der Waals surface area (Å²) in [4.78, 5) is 0. The minimum absolute atomic E-state index is 0.0206. The summed E-state index contributed by atoms with van der Waals surface area (Å²) < 4.78 is 30.9. The Morgan fingerprint density at radius 2 is 2.24 bits per heavy atom. The number of aliphatic hydroxyl groups is 1. The topological polar surface area (TPSA) is 78.9 Å². The highest BCUT2D eigenvalue weighted by Crippen LogP contribution is 2.18. The van der Waals surface area contributed by atoms with Crippen molar-refractivity contribution in [2.45, 2.75) is 31.1 Å². The van der Waals surface area contributed by atoms with Gasteiger partial charge in [0.15, 0.2) is 0 Å². The van der Waals surface area contributed by atoms with E-state index in [0.717, 1.165) is 12.8 Å². The summed E-state index contributed by atoms with van der Waals surface area (Å²) in [6, 6.07) is -0.360. The second kappa shape index (κ2) is 5.19. The van der Waals surface area contributed by atoms with Crippen molar-refractivity contribution in [3.63, 3.8) is 0 Å². The summed E-state index contributed by atoms with van der Waals surface area (Å²) in [6.45, 7) is 1.60. The molecule has 2 saturated heterocycles. The molecule has 2 aliphatic heterocycles. The van der Waals surface area contributed by atoms with E-state index in [9.17, 15) is 13.5 Å². The van der Waals surface area contributed by atoms with Crippen LogP contribution in [0.3, 0.4) is 0 Å². The average molecular weight is 264 g/mol. The van der Waals surface area contributed by atoms with Crippen molar-refractivity contribution in [3.8, 4) is 0 Å². The van der Waals surface area contributed by atoms with Crippen LogP contribution in [0.15, 0.2) is 0 Å². The van der Waals surface area contributed by atoms with Crippen molar-refractivity contribution in [2.24, 2.45) is 0 Å². The van der Waals surface area contributed by atoms with Gasteiger partial charge < -0.3 is 15.2 Å². The number of hydrogen-bond acceptors (Lipinski definition) is 5. The summed E-state index contributed by atoms with van der Waals surface area (Å²) in [6.07, 6.45) is 0.920. The average Bonchev–Trinajstić information content (AvgIpc) is 2.88. The van der Waals surface area contributed by atoms with E-state index in [-0.39, 0.29) is 17.9 Å². The second-order valence-corrected chi connectivity index (χ2v) is 6.80. The molecule has 2 heterocycles. The van der Waals surface area contributed by atoms with Gasteiger partial charge in [-0.25, -0.2) is 8.42 Å². The van der Waals surface area contributed by atoms with Crippen LogP contribution in [0.25, 0.3) is 0 Å². The molecule has 2 N–H and O–H groups in total. The van der Waals surface area contributed by atoms with Gasteiger partial charge in [0.1, 0.15) is 0 Å². The molecule has 100 valence electrons. The maximum Gasteiger partial charge on any atom is 0.216 e. The SMILES string of the molecule is CN([C@H]1CNC[C@@H]1O)S(=O)(=O)CC1CCCO1. The van der Waals surface area contributed by atoms with Gasteiger partial charge >= 0.3 is 0 Å². The van der Waals surface area contributed by atoms with Crippen LogP contribution in [-0.4, -0.2) is 68.6 Å². The normalized spacial score (nSPS) is 34.6. The van der Waals surface area contributed by atoms with E-state index >= 15 is 0 Å². The lowest BCUT2D eigenvalue weighted by atomic mass is 10.2. The Hall–Kier alpha value is -0.210. The number of hydrogen-bond donors (Lipinski definition) is 2. The first-order chi connectivity index (χ1) is 8.00. The minimum atomic E-state index is -3.35. The molecule has 3 atom stereocenters. The zero-order chi connectivity index (χ0) is 12.5. The summed E-state index contributed by atoms with van der Waals surface area (Å²) in [7, 11) is -1.82. The number of sulfonamides is 1. The fraction of sp³-hybridized carbons (Fsp3) is 1.00. The third-order valence-corrected chi connectivity index (χ3v) is 5.42. The molecule has 0 spiro atoms. The maximum atomic E-state index is 12.1. The Bertz CT molecular complexity index is 353. The molecule has 0 amide bonds. The van der Waals surface area contributed by atoms with Gasteiger partial charge in [-0.05, 0) is 12.8 Å². The Labute approximate surface area is 102 Å². The van der Waals surface area contributed by atoms with Crippen molar-refractivity contribution in [1.82, 2.24) is 9.62 Å². The number of aliphatic hydroxyl groups excluding tert-OH is 1. The number of β-amino-alcohol motifs (C(OH)–C–C–N with tert-alkyl or cyclic N) is 1. The molecule has 0 aliphatic carbocycles. The molecule has 1 unspecified atom stereocenters. The summed E-state index contributed by atoms with van der Waals surface area (Å²) in [5.41, 5.74) is 0. The van der Waals surface area contributed by atoms with Gasteiger partial charge in [-0.2, -0.15) is 4.31 Å². The van der Waals surface area contributed by atoms with Crippen LogP contribution >= 0.6 is 0 Å². The Morgan fingerprint density at radius 1 is 1.47 bits per heavy atom. The lowest BCUT2D eigenvalue weighted by Gasteiger charge is -2.26. The molecule has 2 fully saturated rings. The second-order valence-electron chi connectivity index (χ2n) is 4.72. The van der Waals surface area contributed by atoms with Gasteiger partial charge in [0.05, 0.1) is 24.0 Å². The van der Waals surface area contributed by atoms with Crippen molar-refractivity contribution in [3.05, 3.63) is 0 Å². The zero-order valence-electron chi connectivity index (χ0n) is 10.0. The molecule has 2 aliphatic rings. The van der Waals surface area contributed by atoms with Gasteiger partial charge in [-0.1, -0.05) is 0 Å². The minimum Gasteiger partial charge on any atom is -0.390 e. The van der Waals surface area contributed by atoms with E-state index in [1.807, 2.05) is 0 Å². The van der Waals surface area contributed by atoms with Crippen LogP contribution in [0.5, 0.6) is 0 Å². The Kier molecular flexibility index (Phi) is 4.04. The summed E-state index contributed by atoms with van der Waals surface area (Å²) >= 11 is 0. The number of likely N-dealkylation sites (N-methyl/N-ethyl adjacent to an activating group) is 1. The molecule has 0 aromatic carbocycles. The van der Waals surface area contributed by atoms with Crippen LogP contribution in [-0.2, 0) is 14.8 Å². The lowest BCUT2D eigenvalue weighted by Crippen LogP contribution is -2.46. The van der Waals surface area contributed by atoms with E-state index < -0.39 is 16.1 Å². The van der Waals surface area contributed by atoms with Gasteiger partial charge in [0.2, 0.25) is 10.0 Å². The molecule has 0 saturated carbocycles. The van der Waals surface area contributed by atoms with Crippen LogP contribution in [0, 0.1) is 0 Å². The Balaban J connectivity index is 1.98. The van der Waals surface area contributed by atoms with E-state index in [1.165, 1.54) is 11.4 Å². The van der Waals surface area contributed by atoms with Crippen molar-refractivity contribution in [1.29, 1.82) is 0 Å². The number of rotatable bonds is 4. The first-order valence-corrected chi connectivity index (χ1v) is 7.58. The molecule has 7 heteroatoms. The van der Waals surface area contributed by atoms with E-state index in [1.54, 1.807) is 0 Å². The zero-order valence-corrected chi connectivity index (χ0v) is 10.8. The number of ether oxygens (including phenoxy) is 1. The molecule has 0 aromatic rings. The largest absolute Gasteiger partial charge is 0.390 e. The lowest BCUT2D eigenvalue weighted by molar-refractivity contribution is 0.121. The smallest absolute Gasteiger partial charge is 0.216 e. The van der Waals surface area contributed by atoms with E-state index in [0.29, 0.717) is 19.7 Å². The standard InChI is InChI=1S/C10H20N2O4S/c1-12(9-5-11-6-10(9)13)17(14,15)7-8-3-2-4-16-8/h8-11,13H,2-7H2,1H3/t8?,9-,10-/m0/s1. The van der Waals surface area contributed by atoms with E-state index in [2.05, 4.69) is 5.32 Å². The summed E-state index contributed by atoms with van der Waals surface area (Å²) in [5, 5.41) is 12.7. The fourth-order valence-corrected chi connectivity index (χ4v) is 3.95. The first kappa shape index (κ1) is 13.2. The fourth-order valence-electron chi connectivity index (χ4n) is 2.36. The maximum absolute atomic E-state index is 12.1. The molecule has 0 aromatic heterocycles. The monoisotopic (exact) mass is 264 g/mol. The van der Waals surface area contributed by atoms with Crippen molar-refractivity contribution in [2.75, 3.05) is 32.5 Å². The van der Waals surface area contributed by atoms with Crippen LogP contribution in [0.1, 0.15) is 12.8 Å². The van der Waals surface area contributed by atoms with Crippen LogP contribution < -0.4 is 5.32 Å². The molecular formula is C10H20N2O4S. The third-order valence-electron chi connectivity index (χ3n) is 3.48. The van der Waals surface area contributed by atoms with Crippen molar-refractivity contribution >= 4 is 10.0 Å². The van der Waals surface area contributed by atoms with Crippen LogP contribution in [0.2, 0.25) is 0 Å². The molecule has 6 nitrogen and oxygen atoms in total. The quantitative estimate of drug-likeness (QED) is 0.664. The molecule has 0 radical (unpaired) electrons. The van der Waals surface area contributed by atoms with Gasteiger partial charge in [-0.15, -0.1) is 0 Å². The van der Waals surface area contributed by atoms with Gasteiger partial charge in [-0.3, -0.25) is 0 Å². The highest BCUT2D eigenvalue weighted by molar-refractivity contribution is 7.89. The third kappa shape index (κ3) is 2.97. The Morgan fingerprint density at radius 3 is 2.76 bits per heavy atom. The predicted molar refractivity (Wildman–Crippen MR) is 63.2 cm³/mol. The van der Waals surface area contributed by atoms with Crippen molar-refractivity contribution < 1.29 is 18.3 Å². The highest BCUT2D eigenvalue weighted by atomic mass is 32.2.